The van der Waals surface area contributed by atoms with Crippen LogP contribution >= 0.6 is 0 Å². The molecule has 0 bridgehead atoms. The zero-order chi connectivity index (χ0) is 19.3. The number of imide groups is 2. The molecule has 1 N–H and O–H groups in total. The van der Waals surface area contributed by atoms with Crippen LogP contribution in [0, 0.1) is 18.2 Å². The van der Waals surface area contributed by atoms with E-state index < -0.39 is 29.1 Å². The highest BCUT2D eigenvalue weighted by atomic mass is 19.1. The van der Waals surface area contributed by atoms with Crippen LogP contribution in [0.1, 0.15) is 11.1 Å². The lowest BCUT2D eigenvalue weighted by Gasteiger charge is -2.45. The van der Waals surface area contributed by atoms with Crippen molar-refractivity contribution in [3.8, 4) is 0 Å². The summed E-state index contributed by atoms with van der Waals surface area (Å²) in [6.45, 7) is 2.07. The Hall–Kier alpha value is -3.22. The van der Waals surface area contributed by atoms with Crippen LogP contribution in [0.2, 0.25) is 0 Å². The second kappa shape index (κ2) is 5.90. The van der Waals surface area contributed by atoms with Gasteiger partial charge >= 0.3 is 6.03 Å². The Morgan fingerprint density at radius 2 is 1.89 bits per heavy atom. The van der Waals surface area contributed by atoms with E-state index in [1.165, 1.54) is 18.2 Å². The lowest BCUT2D eigenvalue weighted by Crippen LogP contribution is -2.68. The molecule has 1 saturated heterocycles. The lowest BCUT2D eigenvalue weighted by molar-refractivity contribution is -0.142. The smallest absolute Gasteiger partial charge is 0.335 e. The van der Waals surface area contributed by atoms with E-state index in [-0.39, 0.29) is 18.7 Å². The topological polar surface area (TPSA) is 69.7 Å². The van der Waals surface area contributed by atoms with E-state index in [1.54, 1.807) is 7.05 Å². The van der Waals surface area contributed by atoms with E-state index in [0.29, 0.717) is 0 Å². The van der Waals surface area contributed by atoms with E-state index in [2.05, 4.69) is 5.32 Å². The first-order chi connectivity index (χ1) is 12.8. The Morgan fingerprint density at radius 3 is 2.63 bits per heavy atom. The Bertz CT molecular complexity index is 990. The molecule has 0 radical (unpaired) electrons. The average molecular weight is 367 g/mol. The number of carbonyl (C=O) groups excluding carboxylic acids is 3. The number of hydrogen-bond acceptors (Lipinski definition) is 4. The van der Waals surface area contributed by atoms with Crippen molar-refractivity contribution >= 4 is 29.2 Å². The molecule has 0 aromatic heterocycles. The first kappa shape index (κ1) is 17.2. The summed E-state index contributed by atoms with van der Waals surface area (Å²) in [5, 5.41) is 2.28. The fraction of sp³-hybridized carbons (Fsp3) is 0.250. The number of halogens is 1. The molecule has 2 aliphatic heterocycles. The van der Waals surface area contributed by atoms with Crippen molar-refractivity contribution in [3.05, 3.63) is 59.4 Å². The summed E-state index contributed by atoms with van der Waals surface area (Å²) in [5.41, 5.74) is 1.47. The number of rotatable bonds is 1. The summed E-state index contributed by atoms with van der Waals surface area (Å²) in [5.74, 6) is -1.83. The molecule has 2 aromatic rings. The number of amides is 4. The molecule has 2 aromatic carbocycles. The van der Waals surface area contributed by atoms with Crippen molar-refractivity contribution in [3.63, 3.8) is 0 Å². The summed E-state index contributed by atoms with van der Waals surface area (Å²) < 4.78 is 13.6. The SMILES string of the molecule is Cc1ccc2c(c1)CC1(CN2C)C(=O)NC(=O)N(c2cccc(F)c2)C1=O. The largest absolute Gasteiger partial charge is 0.373 e. The fourth-order valence-corrected chi connectivity index (χ4v) is 3.92. The zero-order valence-corrected chi connectivity index (χ0v) is 15.0. The number of benzene rings is 2. The number of hydrogen-bond donors (Lipinski definition) is 1. The Morgan fingerprint density at radius 1 is 1.11 bits per heavy atom. The molecule has 0 saturated carbocycles. The second-order valence-electron chi connectivity index (χ2n) is 7.13. The lowest BCUT2D eigenvalue weighted by atomic mass is 9.74. The van der Waals surface area contributed by atoms with Crippen LogP contribution < -0.4 is 15.1 Å². The molecule has 4 amide bonds. The van der Waals surface area contributed by atoms with Crippen LogP contribution in [-0.4, -0.2) is 31.4 Å². The van der Waals surface area contributed by atoms with E-state index in [1.807, 2.05) is 30.0 Å². The second-order valence-corrected chi connectivity index (χ2v) is 7.13. The Labute approximate surface area is 155 Å². The molecule has 1 spiro atoms. The molecule has 1 atom stereocenters. The van der Waals surface area contributed by atoms with Crippen molar-refractivity contribution in [1.29, 1.82) is 0 Å². The molecule has 138 valence electrons. The molecule has 27 heavy (non-hydrogen) atoms. The fourth-order valence-electron chi connectivity index (χ4n) is 3.92. The van der Waals surface area contributed by atoms with Crippen molar-refractivity contribution in [2.24, 2.45) is 5.41 Å². The maximum absolute atomic E-state index is 13.6. The van der Waals surface area contributed by atoms with Gasteiger partial charge in [-0.05, 0) is 43.2 Å². The molecular weight excluding hydrogens is 349 g/mol. The predicted octanol–water partition coefficient (Wildman–Crippen LogP) is 2.40. The van der Waals surface area contributed by atoms with Gasteiger partial charge in [0.25, 0.3) is 5.91 Å². The van der Waals surface area contributed by atoms with Gasteiger partial charge in [0, 0.05) is 19.3 Å². The number of urea groups is 1. The van der Waals surface area contributed by atoms with Crippen LogP contribution in [0.15, 0.2) is 42.5 Å². The zero-order valence-electron chi connectivity index (χ0n) is 15.0. The molecule has 0 aliphatic carbocycles. The van der Waals surface area contributed by atoms with E-state index in [9.17, 15) is 18.8 Å². The van der Waals surface area contributed by atoms with Gasteiger partial charge in [0.2, 0.25) is 5.91 Å². The molecule has 2 aliphatic rings. The quantitative estimate of drug-likeness (QED) is 0.786. The van der Waals surface area contributed by atoms with Crippen molar-refractivity contribution < 1.29 is 18.8 Å². The first-order valence-corrected chi connectivity index (χ1v) is 8.58. The number of aryl methyl sites for hydroxylation is 1. The van der Waals surface area contributed by atoms with Crippen LogP contribution in [0.3, 0.4) is 0 Å². The minimum atomic E-state index is -1.45. The minimum Gasteiger partial charge on any atom is -0.373 e. The highest BCUT2D eigenvalue weighted by Crippen LogP contribution is 2.40. The Kier molecular flexibility index (Phi) is 3.76. The highest BCUT2D eigenvalue weighted by Gasteiger charge is 2.56. The third-order valence-electron chi connectivity index (χ3n) is 5.18. The van der Waals surface area contributed by atoms with Gasteiger partial charge in [0.15, 0.2) is 5.41 Å². The highest BCUT2D eigenvalue weighted by molar-refractivity contribution is 6.30. The van der Waals surface area contributed by atoms with Gasteiger partial charge in [0.1, 0.15) is 5.82 Å². The maximum atomic E-state index is 13.6. The van der Waals surface area contributed by atoms with Gasteiger partial charge in [-0.25, -0.2) is 14.1 Å². The van der Waals surface area contributed by atoms with E-state index >= 15 is 0 Å². The molecular formula is C20H18FN3O3. The van der Waals surface area contributed by atoms with E-state index in [0.717, 1.165) is 27.8 Å². The molecule has 2 heterocycles. The average Bonchev–Trinajstić information content (AvgIpc) is 2.60. The maximum Gasteiger partial charge on any atom is 0.335 e. The minimum absolute atomic E-state index is 0.0991. The third-order valence-corrected chi connectivity index (χ3v) is 5.18. The van der Waals surface area contributed by atoms with Crippen molar-refractivity contribution in [2.75, 3.05) is 23.4 Å². The molecule has 1 unspecified atom stereocenters. The number of carbonyl (C=O) groups is 3. The summed E-state index contributed by atoms with van der Waals surface area (Å²) >= 11 is 0. The summed E-state index contributed by atoms with van der Waals surface area (Å²) in [6.07, 6.45) is 0.179. The standard InChI is InChI=1S/C20H18FN3O3/c1-12-6-7-16-13(8-12)10-20(11-23(16)2)17(25)22-19(27)24(18(20)26)15-5-3-4-14(21)9-15/h3-9H,10-11H2,1-2H3,(H,22,25,27). The van der Waals surface area contributed by atoms with Gasteiger partial charge < -0.3 is 4.90 Å². The van der Waals surface area contributed by atoms with Crippen LogP contribution in [-0.2, 0) is 16.0 Å². The summed E-state index contributed by atoms with van der Waals surface area (Å²) in [4.78, 5) is 41.2. The van der Waals surface area contributed by atoms with Crippen LogP contribution in [0.25, 0.3) is 0 Å². The molecule has 6 nitrogen and oxygen atoms in total. The molecule has 4 rings (SSSR count). The molecule has 7 heteroatoms. The van der Waals surface area contributed by atoms with Crippen molar-refractivity contribution in [2.45, 2.75) is 13.3 Å². The van der Waals surface area contributed by atoms with Crippen molar-refractivity contribution in [1.82, 2.24) is 5.32 Å². The molecule has 1 fully saturated rings. The number of nitrogens with zero attached hydrogens (tertiary/aromatic N) is 2. The van der Waals surface area contributed by atoms with Crippen LogP contribution in [0.4, 0.5) is 20.6 Å². The third kappa shape index (κ3) is 2.58. The normalized spacial score (nSPS) is 22.1. The summed E-state index contributed by atoms with van der Waals surface area (Å²) in [7, 11) is 1.80. The van der Waals surface area contributed by atoms with Gasteiger partial charge in [-0.2, -0.15) is 0 Å². The summed E-state index contributed by atoms with van der Waals surface area (Å²) in [6, 6.07) is 10.2. The Balaban J connectivity index is 1.81. The van der Waals surface area contributed by atoms with Gasteiger partial charge in [-0.1, -0.05) is 23.8 Å². The number of nitrogens with one attached hydrogen (secondary N) is 1. The van der Waals surface area contributed by atoms with Gasteiger partial charge in [-0.15, -0.1) is 0 Å². The monoisotopic (exact) mass is 367 g/mol. The van der Waals surface area contributed by atoms with Gasteiger partial charge in [-0.3, -0.25) is 14.9 Å². The number of fused-ring (bicyclic) bond motifs is 1. The number of anilines is 2. The predicted molar refractivity (Wildman–Crippen MR) is 98.0 cm³/mol. The van der Waals surface area contributed by atoms with Crippen LogP contribution in [0.5, 0.6) is 0 Å². The first-order valence-electron chi connectivity index (χ1n) is 8.58. The van der Waals surface area contributed by atoms with E-state index in [4.69, 9.17) is 0 Å². The van der Waals surface area contributed by atoms with Gasteiger partial charge in [0.05, 0.1) is 5.69 Å². The number of barbiturate groups is 1.